The number of hydrogen-bond donors (Lipinski definition) is 1. The molecule has 1 aromatic heterocycles. The molecular weight excluding hydrogens is 214 g/mol. The van der Waals surface area contributed by atoms with Crippen molar-refractivity contribution >= 4 is 0 Å². The topological polar surface area (TPSA) is 55.3 Å². The summed E-state index contributed by atoms with van der Waals surface area (Å²) in [4.78, 5) is 7.05. The highest BCUT2D eigenvalue weighted by Gasteiger charge is 2.25. The summed E-state index contributed by atoms with van der Waals surface area (Å²) in [6.07, 6.45) is 5.26. The van der Waals surface area contributed by atoms with Gasteiger partial charge in [-0.25, -0.2) is 4.98 Å². The zero-order valence-electron chi connectivity index (χ0n) is 10.9. The van der Waals surface area contributed by atoms with Gasteiger partial charge < -0.3 is 15.1 Å². The Morgan fingerprint density at radius 1 is 1.65 bits per heavy atom. The molecule has 0 aromatic carbocycles. The summed E-state index contributed by atoms with van der Waals surface area (Å²) >= 11 is 0. The van der Waals surface area contributed by atoms with Crippen molar-refractivity contribution in [1.29, 1.82) is 0 Å². The Labute approximate surface area is 103 Å². The normalized spacial score (nSPS) is 23.1. The van der Waals surface area contributed by atoms with Gasteiger partial charge in [0.15, 0.2) is 5.89 Å². The third-order valence-corrected chi connectivity index (χ3v) is 3.74. The zero-order valence-corrected chi connectivity index (χ0v) is 10.9. The van der Waals surface area contributed by atoms with E-state index in [0.717, 1.165) is 24.6 Å². The molecule has 0 radical (unpaired) electrons. The lowest BCUT2D eigenvalue weighted by Crippen LogP contribution is -2.30. The maximum atomic E-state index is 5.63. The molecule has 2 unspecified atom stereocenters. The van der Waals surface area contributed by atoms with Crippen LogP contribution in [0.4, 0.5) is 0 Å². The summed E-state index contributed by atoms with van der Waals surface area (Å²) < 4.78 is 5.55. The summed E-state index contributed by atoms with van der Waals surface area (Å²) in [5, 5.41) is 0. The van der Waals surface area contributed by atoms with Crippen molar-refractivity contribution in [2.75, 3.05) is 19.6 Å². The maximum absolute atomic E-state index is 5.63. The van der Waals surface area contributed by atoms with Crippen molar-refractivity contribution in [1.82, 2.24) is 9.88 Å². The molecule has 1 aliphatic rings. The summed E-state index contributed by atoms with van der Waals surface area (Å²) in [5.74, 6) is 1.16. The second-order valence-electron chi connectivity index (χ2n) is 4.93. The number of nitrogens with zero attached hydrogens (tertiary/aromatic N) is 2. The second kappa shape index (κ2) is 5.65. The van der Waals surface area contributed by atoms with E-state index in [-0.39, 0.29) is 0 Å². The molecule has 0 amide bonds. The predicted molar refractivity (Wildman–Crippen MR) is 67.9 cm³/mol. The molecule has 2 heterocycles. The van der Waals surface area contributed by atoms with E-state index in [1.54, 1.807) is 6.26 Å². The summed E-state index contributed by atoms with van der Waals surface area (Å²) in [6, 6.07) is 0.611. The Bertz CT molecular complexity index is 350. The Hall–Kier alpha value is -0.870. The smallest absolute Gasteiger partial charge is 0.195 e. The van der Waals surface area contributed by atoms with Crippen molar-refractivity contribution in [3.63, 3.8) is 0 Å². The number of hydrogen-bond acceptors (Lipinski definition) is 4. The van der Waals surface area contributed by atoms with E-state index < -0.39 is 0 Å². The van der Waals surface area contributed by atoms with Crippen LogP contribution >= 0.6 is 0 Å². The molecule has 1 saturated heterocycles. The molecule has 0 aliphatic carbocycles. The minimum Gasteiger partial charge on any atom is -0.449 e. The first kappa shape index (κ1) is 12.6. The van der Waals surface area contributed by atoms with E-state index in [4.69, 9.17) is 10.2 Å². The van der Waals surface area contributed by atoms with Gasteiger partial charge in [0.2, 0.25) is 0 Å². The molecule has 4 heteroatoms. The van der Waals surface area contributed by atoms with E-state index >= 15 is 0 Å². The van der Waals surface area contributed by atoms with Gasteiger partial charge in [-0.2, -0.15) is 0 Å². The van der Waals surface area contributed by atoms with Crippen molar-refractivity contribution in [3.8, 4) is 0 Å². The van der Waals surface area contributed by atoms with E-state index in [0.29, 0.717) is 18.5 Å². The number of rotatable bonds is 5. The van der Waals surface area contributed by atoms with Crippen molar-refractivity contribution in [2.24, 2.45) is 5.73 Å². The second-order valence-corrected chi connectivity index (χ2v) is 4.93. The van der Waals surface area contributed by atoms with Gasteiger partial charge in [-0.05, 0) is 25.9 Å². The van der Waals surface area contributed by atoms with Crippen molar-refractivity contribution < 1.29 is 4.42 Å². The first-order valence-electron chi connectivity index (χ1n) is 6.63. The quantitative estimate of drug-likeness (QED) is 0.848. The number of likely N-dealkylation sites (tertiary alicyclic amines) is 1. The fourth-order valence-corrected chi connectivity index (χ4v) is 2.51. The van der Waals surface area contributed by atoms with E-state index in [1.165, 1.54) is 19.4 Å². The monoisotopic (exact) mass is 237 g/mol. The lowest BCUT2D eigenvalue weighted by Gasteiger charge is -2.21. The largest absolute Gasteiger partial charge is 0.449 e. The average Bonchev–Trinajstić information content (AvgIpc) is 2.97. The standard InChI is InChI=1S/C13H23N3O/c1-3-16-6-4-5-11(16)7-13-15-12(9-17-13)10(2)8-14/h9-11H,3-8,14H2,1-2H3. The Balaban J connectivity index is 1.96. The molecule has 1 aliphatic heterocycles. The first-order valence-corrected chi connectivity index (χ1v) is 6.63. The van der Waals surface area contributed by atoms with Gasteiger partial charge in [-0.15, -0.1) is 0 Å². The Kier molecular flexibility index (Phi) is 4.18. The van der Waals surface area contributed by atoms with Crippen LogP contribution in [-0.4, -0.2) is 35.6 Å². The molecule has 0 saturated carbocycles. The molecule has 2 rings (SSSR count). The molecule has 17 heavy (non-hydrogen) atoms. The van der Waals surface area contributed by atoms with Crippen LogP contribution in [0.5, 0.6) is 0 Å². The highest BCUT2D eigenvalue weighted by molar-refractivity contribution is 5.04. The summed E-state index contributed by atoms with van der Waals surface area (Å²) in [5.41, 5.74) is 6.62. The van der Waals surface area contributed by atoms with Crippen LogP contribution in [0.3, 0.4) is 0 Å². The van der Waals surface area contributed by atoms with Crippen molar-refractivity contribution in [2.45, 2.75) is 45.1 Å². The van der Waals surface area contributed by atoms with Gasteiger partial charge in [-0.3, -0.25) is 0 Å². The fourth-order valence-electron chi connectivity index (χ4n) is 2.51. The number of oxazole rings is 1. The predicted octanol–water partition coefficient (Wildman–Crippen LogP) is 1.76. The minimum atomic E-state index is 0.290. The van der Waals surface area contributed by atoms with Gasteiger partial charge in [0.25, 0.3) is 0 Å². The van der Waals surface area contributed by atoms with E-state index in [1.807, 2.05) is 0 Å². The lowest BCUT2D eigenvalue weighted by atomic mass is 10.1. The Morgan fingerprint density at radius 2 is 2.47 bits per heavy atom. The third-order valence-electron chi connectivity index (χ3n) is 3.74. The third kappa shape index (κ3) is 2.87. The van der Waals surface area contributed by atoms with Crippen molar-refractivity contribution in [3.05, 3.63) is 17.8 Å². The molecule has 2 N–H and O–H groups in total. The lowest BCUT2D eigenvalue weighted by molar-refractivity contribution is 0.254. The SMILES string of the molecule is CCN1CCCC1Cc1nc(C(C)CN)co1. The fraction of sp³-hybridized carbons (Fsp3) is 0.769. The van der Waals surface area contributed by atoms with Crippen LogP contribution in [0, 0.1) is 0 Å². The molecule has 0 spiro atoms. The molecule has 96 valence electrons. The van der Waals surface area contributed by atoms with Gasteiger partial charge in [0.1, 0.15) is 6.26 Å². The van der Waals surface area contributed by atoms with Crippen LogP contribution in [0.2, 0.25) is 0 Å². The van der Waals surface area contributed by atoms with Crippen LogP contribution in [0.15, 0.2) is 10.7 Å². The molecule has 1 aromatic rings. The summed E-state index contributed by atoms with van der Waals surface area (Å²) in [7, 11) is 0. The Morgan fingerprint density at radius 3 is 3.18 bits per heavy atom. The van der Waals surface area contributed by atoms with Gasteiger partial charge in [0.05, 0.1) is 5.69 Å². The van der Waals surface area contributed by atoms with Crippen LogP contribution in [0.1, 0.15) is 44.2 Å². The van der Waals surface area contributed by atoms with E-state index in [9.17, 15) is 0 Å². The summed E-state index contributed by atoms with van der Waals surface area (Å²) in [6.45, 7) is 7.26. The van der Waals surface area contributed by atoms with Gasteiger partial charge >= 0.3 is 0 Å². The molecule has 1 fully saturated rings. The van der Waals surface area contributed by atoms with Gasteiger partial charge in [0, 0.05) is 24.9 Å². The van der Waals surface area contributed by atoms with Crippen LogP contribution in [0.25, 0.3) is 0 Å². The zero-order chi connectivity index (χ0) is 12.3. The average molecular weight is 237 g/mol. The molecule has 0 bridgehead atoms. The van der Waals surface area contributed by atoms with Gasteiger partial charge in [-0.1, -0.05) is 13.8 Å². The molecule has 4 nitrogen and oxygen atoms in total. The number of likely N-dealkylation sites (N-methyl/N-ethyl adjacent to an activating group) is 1. The first-order chi connectivity index (χ1) is 8.24. The highest BCUT2D eigenvalue weighted by atomic mass is 16.3. The number of aromatic nitrogens is 1. The molecular formula is C13H23N3O. The van der Waals surface area contributed by atoms with Crippen LogP contribution in [-0.2, 0) is 6.42 Å². The highest BCUT2D eigenvalue weighted by Crippen LogP contribution is 2.21. The minimum absolute atomic E-state index is 0.290. The van der Waals surface area contributed by atoms with E-state index in [2.05, 4.69) is 23.7 Å². The molecule has 2 atom stereocenters. The number of nitrogens with two attached hydrogens (primary N) is 1. The maximum Gasteiger partial charge on any atom is 0.195 e. The van der Waals surface area contributed by atoms with Crippen LogP contribution < -0.4 is 5.73 Å².